The summed E-state index contributed by atoms with van der Waals surface area (Å²) >= 11 is 0. The fourth-order valence-corrected chi connectivity index (χ4v) is 1.76. The number of likely N-dealkylation sites (N-methyl/N-ethyl adjacent to an activating group) is 1. The maximum Gasteiger partial charge on any atom is 0.243 e. The van der Waals surface area contributed by atoms with Crippen LogP contribution in [0, 0.1) is 5.82 Å². The molecule has 0 aromatic heterocycles. The third-order valence-electron chi connectivity index (χ3n) is 3.18. The summed E-state index contributed by atoms with van der Waals surface area (Å²) in [6.07, 6.45) is -0.176. The molecule has 0 aliphatic rings. The van der Waals surface area contributed by atoms with E-state index in [0.717, 1.165) is 0 Å². The van der Waals surface area contributed by atoms with Crippen LogP contribution in [0.5, 0.6) is 5.75 Å². The maximum atomic E-state index is 12.9. The first-order valence-electron chi connectivity index (χ1n) is 8.06. The van der Waals surface area contributed by atoms with Gasteiger partial charge in [0.25, 0.3) is 0 Å². The molecule has 0 fully saturated rings. The van der Waals surface area contributed by atoms with Crippen molar-refractivity contribution in [3.63, 3.8) is 0 Å². The number of hydrogen-bond acceptors (Lipinski definition) is 4. The van der Waals surface area contributed by atoms with Crippen molar-refractivity contribution < 1.29 is 18.7 Å². The summed E-state index contributed by atoms with van der Waals surface area (Å²) in [6, 6.07) is 5.85. The molecule has 0 heterocycles. The minimum atomic E-state index is -0.305. The van der Waals surface area contributed by atoms with E-state index in [2.05, 4.69) is 15.6 Å². The number of nitrogens with one attached hydrogen (secondary N) is 2. The molecule has 26 heavy (non-hydrogen) atoms. The Morgan fingerprint density at radius 2 is 1.92 bits per heavy atom. The third-order valence-corrected chi connectivity index (χ3v) is 3.18. The van der Waals surface area contributed by atoms with Crippen LogP contribution in [-0.2, 0) is 9.53 Å². The van der Waals surface area contributed by atoms with E-state index in [-0.39, 0.29) is 48.3 Å². The molecular formula is C17H28FIN4O3. The Balaban J connectivity index is 0.00000625. The molecule has 1 aromatic rings. The van der Waals surface area contributed by atoms with Crippen LogP contribution in [0.15, 0.2) is 29.3 Å². The summed E-state index contributed by atoms with van der Waals surface area (Å²) in [7, 11) is 4.98. The summed E-state index contributed by atoms with van der Waals surface area (Å²) in [4.78, 5) is 17.4. The van der Waals surface area contributed by atoms with E-state index < -0.39 is 0 Å². The van der Waals surface area contributed by atoms with Crippen molar-refractivity contribution >= 4 is 35.8 Å². The van der Waals surface area contributed by atoms with Gasteiger partial charge in [-0.3, -0.25) is 4.79 Å². The molecule has 1 rings (SSSR count). The summed E-state index contributed by atoms with van der Waals surface area (Å²) in [6.45, 7) is 3.47. The molecular weight excluding hydrogens is 454 g/mol. The van der Waals surface area contributed by atoms with Crippen molar-refractivity contribution in [2.75, 3.05) is 47.4 Å². The maximum absolute atomic E-state index is 12.9. The molecule has 0 aliphatic carbocycles. The number of amides is 1. The predicted molar refractivity (Wildman–Crippen MR) is 111 cm³/mol. The zero-order chi connectivity index (χ0) is 18.7. The number of guanidine groups is 1. The summed E-state index contributed by atoms with van der Waals surface area (Å²) in [5.41, 5.74) is 0. The van der Waals surface area contributed by atoms with Crippen molar-refractivity contribution in [1.82, 2.24) is 15.5 Å². The highest BCUT2D eigenvalue weighted by Crippen LogP contribution is 2.12. The standard InChI is InChI=1S/C17H27FN4O3.HI/c1-13(25-15-7-5-14(18)6-8-15)11-20-17(19-9-10-24-4)21-12-16(23)22(2)3;/h5-8,13H,9-12H2,1-4H3,(H2,19,20,21);1H. The molecule has 1 atom stereocenters. The molecule has 1 unspecified atom stereocenters. The van der Waals surface area contributed by atoms with E-state index in [0.29, 0.717) is 31.4 Å². The second-order valence-corrected chi connectivity index (χ2v) is 5.64. The van der Waals surface area contributed by atoms with Crippen molar-refractivity contribution in [2.45, 2.75) is 13.0 Å². The monoisotopic (exact) mass is 482 g/mol. The Kier molecular flexibility index (Phi) is 12.7. The normalized spacial score (nSPS) is 12.0. The lowest BCUT2D eigenvalue weighted by molar-refractivity contribution is -0.127. The quantitative estimate of drug-likeness (QED) is 0.242. The molecule has 0 saturated heterocycles. The minimum Gasteiger partial charge on any atom is -0.489 e. The third kappa shape index (κ3) is 10.4. The van der Waals surface area contributed by atoms with E-state index in [1.54, 1.807) is 33.3 Å². The Bertz CT molecular complexity index is 555. The SMILES string of the molecule is COCCNC(=NCC(=O)N(C)C)NCC(C)Oc1ccc(F)cc1.I. The van der Waals surface area contributed by atoms with Gasteiger partial charge in [-0.15, -0.1) is 24.0 Å². The van der Waals surface area contributed by atoms with Gasteiger partial charge in [-0.05, 0) is 31.2 Å². The number of methoxy groups -OCH3 is 1. The molecule has 9 heteroatoms. The summed E-state index contributed by atoms with van der Waals surface area (Å²) in [5.74, 6) is 0.690. The molecule has 2 N–H and O–H groups in total. The van der Waals surface area contributed by atoms with Gasteiger partial charge in [0, 0.05) is 27.7 Å². The van der Waals surface area contributed by atoms with Crippen LogP contribution < -0.4 is 15.4 Å². The smallest absolute Gasteiger partial charge is 0.243 e. The van der Waals surface area contributed by atoms with Crippen LogP contribution in [-0.4, -0.2) is 70.3 Å². The molecule has 0 bridgehead atoms. The van der Waals surface area contributed by atoms with Crippen molar-refractivity contribution in [3.05, 3.63) is 30.1 Å². The number of rotatable bonds is 9. The molecule has 0 spiro atoms. The molecule has 0 aliphatic heterocycles. The highest BCUT2D eigenvalue weighted by molar-refractivity contribution is 14.0. The van der Waals surface area contributed by atoms with Crippen LogP contribution in [0.4, 0.5) is 4.39 Å². The van der Waals surface area contributed by atoms with Gasteiger partial charge in [-0.1, -0.05) is 0 Å². The molecule has 148 valence electrons. The van der Waals surface area contributed by atoms with Gasteiger partial charge >= 0.3 is 0 Å². The number of hydrogen-bond donors (Lipinski definition) is 2. The van der Waals surface area contributed by atoms with Crippen LogP contribution in [0.1, 0.15) is 6.92 Å². The fourth-order valence-electron chi connectivity index (χ4n) is 1.76. The minimum absolute atomic E-state index is 0. The van der Waals surface area contributed by atoms with Gasteiger partial charge in [0.1, 0.15) is 24.2 Å². The van der Waals surface area contributed by atoms with Crippen LogP contribution in [0.25, 0.3) is 0 Å². The lowest BCUT2D eigenvalue weighted by atomic mass is 10.3. The number of carbonyl (C=O) groups is 1. The number of benzene rings is 1. The van der Waals surface area contributed by atoms with Crippen LogP contribution in [0.3, 0.4) is 0 Å². The van der Waals surface area contributed by atoms with Crippen molar-refractivity contribution in [3.8, 4) is 5.75 Å². The number of carbonyl (C=O) groups excluding carboxylic acids is 1. The van der Waals surface area contributed by atoms with E-state index in [9.17, 15) is 9.18 Å². The average Bonchev–Trinajstić information content (AvgIpc) is 2.58. The van der Waals surface area contributed by atoms with E-state index in [4.69, 9.17) is 9.47 Å². The van der Waals surface area contributed by atoms with Crippen molar-refractivity contribution in [2.24, 2.45) is 4.99 Å². The lowest BCUT2D eigenvalue weighted by Gasteiger charge is -2.18. The number of nitrogens with zero attached hydrogens (tertiary/aromatic N) is 2. The topological polar surface area (TPSA) is 75.2 Å². The van der Waals surface area contributed by atoms with E-state index >= 15 is 0 Å². The van der Waals surface area contributed by atoms with Gasteiger partial charge in [0.15, 0.2) is 5.96 Å². The summed E-state index contributed by atoms with van der Waals surface area (Å²) in [5, 5.41) is 6.20. The van der Waals surface area contributed by atoms with E-state index in [1.165, 1.54) is 17.0 Å². The molecule has 1 aromatic carbocycles. The number of aliphatic imine (C=N–C) groups is 1. The average molecular weight is 482 g/mol. The zero-order valence-corrected chi connectivity index (χ0v) is 18.0. The molecule has 0 radical (unpaired) electrons. The molecule has 7 nitrogen and oxygen atoms in total. The Morgan fingerprint density at radius 3 is 2.50 bits per heavy atom. The van der Waals surface area contributed by atoms with Crippen molar-refractivity contribution in [1.29, 1.82) is 0 Å². The lowest BCUT2D eigenvalue weighted by Crippen LogP contribution is -2.43. The zero-order valence-electron chi connectivity index (χ0n) is 15.6. The molecule has 0 saturated carbocycles. The predicted octanol–water partition coefficient (Wildman–Crippen LogP) is 1.48. The Labute approximate surface area is 171 Å². The van der Waals surface area contributed by atoms with Gasteiger partial charge in [0.05, 0.1) is 13.2 Å². The Hall–Kier alpha value is -1.62. The highest BCUT2D eigenvalue weighted by Gasteiger charge is 2.08. The van der Waals surface area contributed by atoms with Gasteiger partial charge in [-0.25, -0.2) is 9.38 Å². The van der Waals surface area contributed by atoms with Gasteiger partial charge < -0.3 is 25.0 Å². The Morgan fingerprint density at radius 1 is 1.27 bits per heavy atom. The van der Waals surface area contributed by atoms with Gasteiger partial charge in [0.2, 0.25) is 5.91 Å². The first-order valence-corrected chi connectivity index (χ1v) is 8.06. The first kappa shape index (κ1) is 24.4. The number of halogens is 2. The molecule has 1 amide bonds. The van der Waals surface area contributed by atoms with Crippen LogP contribution in [0.2, 0.25) is 0 Å². The van der Waals surface area contributed by atoms with E-state index in [1.807, 2.05) is 6.92 Å². The van der Waals surface area contributed by atoms with Gasteiger partial charge in [-0.2, -0.15) is 0 Å². The fraction of sp³-hybridized carbons (Fsp3) is 0.529. The first-order chi connectivity index (χ1) is 11.9. The summed E-state index contributed by atoms with van der Waals surface area (Å²) < 4.78 is 23.6. The highest BCUT2D eigenvalue weighted by atomic mass is 127. The largest absolute Gasteiger partial charge is 0.489 e. The second-order valence-electron chi connectivity index (χ2n) is 5.64. The van der Waals surface area contributed by atoms with Crippen LogP contribution >= 0.6 is 24.0 Å². The number of ether oxygens (including phenoxy) is 2. The second kappa shape index (κ2) is 13.6.